The lowest BCUT2D eigenvalue weighted by molar-refractivity contribution is 0.513. The van der Waals surface area contributed by atoms with Crippen molar-refractivity contribution in [3.8, 4) is 16.9 Å². The highest BCUT2D eigenvalue weighted by Gasteiger charge is 2.23. The molecule has 0 fully saturated rings. The maximum atomic E-state index is 12.2. The third-order valence-corrected chi connectivity index (χ3v) is 5.06. The quantitative estimate of drug-likeness (QED) is 0.607. The van der Waals surface area contributed by atoms with Crippen molar-refractivity contribution < 1.29 is 9.09 Å². The molecule has 3 heteroatoms. The van der Waals surface area contributed by atoms with Gasteiger partial charge in [-0.1, -0.05) is 50.1 Å². The van der Waals surface area contributed by atoms with Crippen molar-refractivity contribution >= 4 is 13.3 Å². The van der Waals surface area contributed by atoms with E-state index >= 15 is 0 Å². The molecular weight excluding hydrogens is 267 g/mol. The summed E-state index contributed by atoms with van der Waals surface area (Å²) in [5.41, 5.74) is 3.53. The van der Waals surface area contributed by atoms with Gasteiger partial charge in [0, 0.05) is 5.56 Å². The summed E-state index contributed by atoms with van der Waals surface area (Å²) < 4.78 is 17.8. The van der Waals surface area contributed by atoms with Crippen molar-refractivity contribution in [3.05, 3.63) is 48.0 Å². The van der Waals surface area contributed by atoms with Gasteiger partial charge in [0.2, 0.25) is 0 Å². The summed E-state index contributed by atoms with van der Waals surface area (Å²) in [4.78, 5) is 0. The Morgan fingerprint density at radius 1 is 1.05 bits per heavy atom. The number of fused-ring (bicyclic) bond motifs is 3. The molecule has 2 aromatic carbocycles. The molecule has 2 nitrogen and oxygen atoms in total. The normalized spacial score (nSPS) is 16.1. The largest absolute Gasteiger partial charge is 0.441 e. The molecule has 0 aliphatic carbocycles. The predicted molar refractivity (Wildman–Crippen MR) is 84.4 cm³/mol. The molecule has 1 atom stereocenters. The molecule has 3 rings (SSSR count). The highest BCUT2D eigenvalue weighted by Crippen LogP contribution is 2.44. The van der Waals surface area contributed by atoms with Crippen LogP contribution >= 0.6 is 8.03 Å². The number of rotatable bonds is 4. The molecule has 0 amide bonds. The number of benzene rings is 2. The summed E-state index contributed by atoms with van der Waals surface area (Å²) in [6, 6.07) is 14.0. The SMILES string of the molecule is CCCCCc1cccc2c1-c1ccccc1[PH](=O)O2. The molecule has 0 aromatic heterocycles. The molecule has 0 radical (unpaired) electrons. The van der Waals surface area contributed by atoms with E-state index in [0.29, 0.717) is 0 Å². The number of hydrogen-bond donors (Lipinski definition) is 0. The van der Waals surface area contributed by atoms with E-state index in [2.05, 4.69) is 19.1 Å². The second kappa shape index (κ2) is 5.85. The number of aryl methyl sites for hydroxylation is 1. The summed E-state index contributed by atoms with van der Waals surface area (Å²) >= 11 is 0. The Balaban J connectivity index is 2.07. The Morgan fingerprint density at radius 3 is 2.75 bits per heavy atom. The van der Waals surface area contributed by atoms with Gasteiger partial charge in [-0.25, -0.2) is 0 Å². The molecule has 1 unspecified atom stereocenters. The van der Waals surface area contributed by atoms with Crippen molar-refractivity contribution in [2.24, 2.45) is 0 Å². The van der Waals surface area contributed by atoms with Crippen LogP contribution in [0.15, 0.2) is 42.5 Å². The highest BCUT2D eigenvalue weighted by atomic mass is 31.1. The van der Waals surface area contributed by atoms with Crippen LogP contribution in [-0.4, -0.2) is 0 Å². The smallest absolute Gasteiger partial charge is 0.266 e. The second-order valence-corrected chi connectivity index (χ2v) is 6.50. The lowest BCUT2D eigenvalue weighted by atomic mass is 9.95. The molecule has 0 saturated heterocycles. The van der Waals surface area contributed by atoms with Crippen molar-refractivity contribution in [2.45, 2.75) is 32.6 Å². The number of hydrogen-bond acceptors (Lipinski definition) is 2. The summed E-state index contributed by atoms with van der Waals surface area (Å²) in [5, 5.41) is 0.855. The zero-order valence-corrected chi connectivity index (χ0v) is 12.7. The first kappa shape index (κ1) is 13.5. The standard InChI is InChI=1S/C17H19O2P/c1-2-3-4-8-13-9-7-11-15-17(13)14-10-5-6-12-16(14)20(18)19-15/h5-7,9-12,20H,2-4,8H2,1H3. The van der Waals surface area contributed by atoms with Gasteiger partial charge in [0.15, 0.2) is 0 Å². The molecule has 0 N–H and O–H groups in total. The van der Waals surface area contributed by atoms with Gasteiger partial charge in [-0.05, 0) is 36.1 Å². The average Bonchev–Trinajstić information content (AvgIpc) is 2.48. The fourth-order valence-corrected chi connectivity index (χ4v) is 3.92. The third-order valence-electron chi connectivity index (χ3n) is 3.78. The van der Waals surface area contributed by atoms with Gasteiger partial charge >= 0.3 is 0 Å². The van der Waals surface area contributed by atoms with Gasteiger partial charge in [-0.15, -0.1) is 0 Å². The van der Waals surface area contributed by atoms with E-state index in [1.807, 2.05) is 30.3 Å². The van der Waals surface area contributed by atoms with Crippen LogP contribution in [0.1, 0.15) is 31.7 Å². The van der Waals surface area contributed by atoms with Crippen LogP contribution in [0, 0.1) is 0 Å². The lowest BCUT2D eigenvalue weighted by Crippen LogP contribution is -2.11. The summed E-state index contributed by atoms with van der Waals surface area (Å²) in [6.45, 7) is 2.21. The predicted octanol–water partition coefficient (Wildman–Crippen LogP) is 4.58. The first-order chi connectivity index (χ1) is 9.81. The molecule has 0 spiro atoms. The summed E-state index contributed by atoms with van der Waals surface area (Å²) in [5.74, 6) is 0.779. The zero-order valence-electron chi connectivity index (χ0n) is 11.7. The molecule has 1 heterocycles. The Labute approximate surface area is 120 Å². The minimum absolute atomic E-state index is 0.779. The molecular formula is C17H19O2P. The fraction of sp³-hybridized carbons (Fsp3) is 0.294. The highest BCUT2D eigenvalue weighted by molar-refractivity contribution is 7.49. The second-order valence-electron chi connectivity index (χ2n) is 5.18. The van der Waals surface area contributed by atoms with Crippen LogP contribution in [0.5, 0.6) is 5.75 Å². The fourth-order valence-electron chi connectivity index (χ4n) is 2.78. The van der Waals surface area contributed by atoms with E-state index in [1.54, 1.807) is 0 Å². The third kappa shape index (κ3) is 2.41. The van der Waals surface area contributed by atoms with Crippen LogP contribution in [0.3, 0.4) is 0 Å². The van der Waals surface area contributed by atoms with Crippen LogP contribution in [0.4, 0.5) is 0 Å². The van der Waals surface area contributed by atoms with E-state index in [9.17, 15) is 4.57 Å². The molecule has 0 bridgehead atoms. The van der Waals surface area contributed by atoms with Gasteiger partial charge < -0.3 is 4.52 Å². The first-order valence-corrected chi connectivity index (χ1v) is 8.56. The van der Waals surface area contributed by atoms with Crippen LogP contribution in [0.2, 0.25) is 0 Å². The van der Waals surface area contributed by atoms with Gasteiger partial charge in [0.25, 0.3) is 8.03 Å². The minimum atomic E-state index is -2.15. The van der Waals surface area contributed by atoms with Crippen LogP contribution < -0.4 is 9.83 Å². The van der Waals surface area contributed by atoms with Crippen molar-refractivity contribution in [1.29, 1.82) is 0 Å². The molecule has 1 aliphatic heterocycles. The van der Waals surface area contributed by atoms with Gasteiger partial charge in [-0.3, -0.25) is 4.57 Å². The van der Waals surface area contributed by atoms with Gasteiger partial charge in [0.05, 0.1) is 5.30 Å². The molecule has 0 saturated carbocycles. The van der Waals surface area contributed by atoms with Gasteiger partial charge in [0.1, 0.15) is 5.75 Å². The Bertz CT molecular complexity index is 649. The van der Waals surface area contributed by atoms with Crippen molar-refractivity contribution in [1.82, 2.24) is 0 Å². The maximum absolute atomic E-state index is 12.2. The van der Waals surface area contributed by atoms with Crippen molar-refractivity contribution in [2.75, 3.05) is 0 Å². The Morgan fingerprint density at radius 2 is 1.90 bits per heavy atom. The van der Waals surface area contributed by atoms with E-state index in [4.69, 9.17) is 4.52 Å². The van der Waals surface area contributed by atoms with Crippen LogP contribution in [0.25, 0.3) is 11.1 Å². The van der Waals surface area contributed by atoms with Gasteiger partial charge in [-0.2, -0.15) is 0 Å². The van der Waals surface area contributed by atoms with E-state index in [1.165, 1.54) is 24.8 Å². The van der Waals surface area contributed by atoms with Crippen LogP contribution in [-0.2, 0) is 11.0 Å². The topological polar surface area (TPSA) is 26.3 Å². The summed E-state index contributed by atoms with van der Waals surface area (Å²) in [6.07, 6.45) is 4.69. The Hall–Kier alpha value is -1.53. The zero-order chi connectivity index (χ0) is 13.9. The monoisotopic (exact) mass is 286 g/mol. The minimum Gasteiger partial charge on any atom is -0.441 e. The molecule has 1 aliphatic rings. The van der Waals surface area contributed by atoms with E-state index < -0.39 is 8.03 Å². The van der Waals surface area contributed by atoms with E-state index in [0.717, 1.165) is 28.6 Å². The first-order valence-electron chi connectivity index (χ1n) is 7.24. The molecule has 104 valence electrons. The van der Waals surface area contributed by atoms with Crippen molar-refractivity contribution in [3.63, 3.8) is 0 Å². The maximum Gasteiger partial charge on any atom is 0.266 e. The summed E-state index contributed by atoms with van der Waals surface area (Å²) in [7, 11) is -2.15. The lowest BCUT2D eigenvalue weighted by Gasteiger charge is -2.22. The average molecular weight is 286 g/mol. The number of unbranched alkanes of at least 4 members (excludes halogenated alkanes) is 2. The van der Waals surface area contributed by atoms with E-state index in [-0.39, 0.29) is 0 Å². The molecule has 2 aromatic rings. The molecule has 20 heavy (non-hydrogen) atoms. The Kier molecular flexibility index (Phi) is 3.93.